The van der Waals surface area contributed by atoms with Gasteiger partial charge in [0.05, 0.1) is 29.4 Å². The van der Waals surface area contributed by atoms with Crippen molar-refractivity contribution >= 4 is 11.9 Å². The van der Waals surface area contributed by atoms with Gasteiger partial charge in [-0.15, -0.1) is 0 Å². The summed E-state index contributed by atoms with van der Waals surface area (Å²) in [5, 5.41) is 12.2. The Hall–Kier alpha value is -2.69. The van der Waals surface area contributed by atoms with Crippen molar-refractivity contribution in [3.63, 3.8) is 0 Å². The van der Waals surface area contributed by atoms with Crippen LogP contribution in [0.5, 0.6) is 0 Å². The number of pyridine rings is 1. The molecule has 1 aromatic carbocycles. The molecule has 1 fully saturated rings. The number of nitrogens with one attached hydrogen (secondary N) is 1. The summed E-state index contributed by atoms with van der Waals surface area (Å²) in [6, 6.07) is 11.2. The van der Waals surface area contributed by atoms with Gasteiger partial charge in [0.25, 0.3) is 0 Å². The van der Waals surface area contributed by atoms with Gasteiger partial charge in [0, 0.05) is 5.92 Å². The van der Waals surface area contributed by atoms with Crippen molar-refractivity contribution in [1.29, 1.82) is 0 Å². The van der Waals surface area contributed by atoms with Gasteiger partial charge in [0.15, 0.2) is 0 Å². The summed E-state index contributed by atoms with van der Waals surface area (Å²) in [5.74, 6) is -1.02. The smallest absolute Gasteiger partial charge is 0.337 e. The molecule has 5 nitrogen and oxygen atoms in total. The summed E-state index contributed by atoms with van der Waals surface area (Å²) in [6.07, 6.45) is 1.96. The minimum absolute atomic E-state index is 0.0670. The second kappa shape index (κ2) is 7.05. The molecule has 1 amide bonds. The average molecular weight is 338 g/mol. The van der Waals surface area contributed by atoms with E-state index in [0.29, 0.717) is 17.9 Å². The Bertz CT molecular complexity index is 812. The molecule has 25 heavy (non-hydrogen) atoms. The maximum atomic E-state index is 12.4. The van der Waals surface area contributed by atoms with Crippen LogP contribution in [0.25, 0.3) is 0 Å². The number of aromatic carboxylic acids is 1. The summed E-state index contributed by atoms with van der Waals surface area (Å²) in [5.41, 5.74) is 3.70. The lowest BCUT2D eigenvalue weighted by Crippen LogP contribution is -2.28. The first-order valence-electron chi connectivity index (χ1n) is 8.53. The van der Waals surface area contributed by atoms with E-state index >= 15 is 0 Å². The topological polar surface area (TPSA) is 79.3 Å². The molecule has 0 saturated heterocycles. The molecular weight excluding hydrogens is 316 g/mol. The van der Waals surface area contributed by atoms with Crippen LogP contribution < -0.4 is 5.32 Å². The van der Waals surface area contributed by atoms with Crippen molar-refractivity contribution in [2.24, 2.45) is 0 Å². The van der Waals surface area contributed by atoms with Crippen molar-refractivity contribution in [3.8, 4) is 0 Å². The fourth-order valence-electron chi connectivity index (χ4n) is 2.89. The highest BCUT2D eigenvalue weighted by molar-refractivity contribution is 5.89. The van der Waals surface area contributed by atoms with E-state index in [9.17, 15) is 14.7 Å². The number of benzene rings is 1. The molecule has 1 atom stereocenters. The second-order valence-corrected chi connectivity index (χ2v) is 6.67. The fourth-order valence-corrected chi connectivity index (χ4v) is 2.89. The molecule has 5 heteroatoms. The number of carbonyl (C=O) groups is 2. The predicted octanol–water partition coefficient (Wildman–Crippen LogP) is 3.39. The van der Waals surface area contributed by atoms with Crippen molar-refractivity contribution in [1.82, 2.24) is 10.3 Å². The average Bonchev–Trinajstić information content (AvgIpc) is 3.43. The van der Waals surface area contributed by atoms with Crippen LogP contribution in [-0.2, 0) is 11.3 Å². The van der Waals surface area contributed by atoms with Gasteiger partial charge in [-0.3, -0.25) is 9.78 Å². The summed E-state index contributed by atoms with van der Waals surface area (Å²) in [6.45, 7) is 4.18. The molecule has 130 valence electrons. The number of carboxylic acids is 1. The predicted molar refractivity (Wildman–Crippen MR) is 94.6 cm³/mol. The summed E-state index contributed by atoms with van der Waals surface area (Å²) < 4.78 is 0. The molecule has 0 bridgehead atoms. The van der Waals surface area contributed by atoms with Gasteiger partial charge < -0.3 is 10.4 Å². The van der Waals surface area contributed by atoms with E-state index in [4.69, 9.17) is 0 Å². The zero-order valence-electron chi connectivity index (χ0n) is 14.5. The fraction of sp³-hybridized carbons (Fsp3) is 0.350. The van der Waals surface area contributed by atoms with E-state index < -0.39 is 5.97 Å². The van der Waals surface area contributed by atoms with Gasteiger partial charge in [-0.25, -0.2) is 4.79 Å². The van der Waals surface area contributed by atoms with Crippen LogP contribution in [0.3, 0.4) is 0 Å². The summed E-state index contributed by atoms with van der Waals surface area (Å²) >= 11 is 0. The van der Waals surface area contributed by atoms with Gasteiger partial charge in [-0.2, -0.15) is 0 Å². The number of nitrogens with zero attached hydrogens (tertiary/aromatic N) is 1. The zero-order valence-corrected chi connectivity index (χ0v) is 14.5. The number of aromatic nitrogens is 1. The number of hydrogen-bond acceptors (Lipinski definition) is 3. The van der Waals surface area contributed by atoms with Crippen LogP contribution in [-0.4, -0.2) is 22.0 Å². The van der Waals surface area contributed by atoms with E-state index in [1.807, 2.05) is 38.1 Å². The Balaban J connectivity index is 1.68. The van der Waals surface area contributed by atoms with Crippen LogP contribution >= 0.6 is 0 Å². The van der Waals surface area contributed by atoms with E-state index in [1.54, 1.807) is 12.1 Å². The van der Waals surface area contributed by atoms with Crippen molar-refractivity contribution in [3.05, 3.63) is 64.5 Å². The summed E-state index contributed by atoms with van der Waals surface area (Å²) in [7, 11) is 0. The highest BCUT2D eigenvalue weighted by atomic mass is 16.4. The van der Waals surface area contributed by atoms with Gasteiger partial charge in [-0.05, 0) is 44.4 Å². The van der Waals surface area contributed by atoms with Crippen LogP contribution in [0.15, 0.2) is 36.4 Å². The largest absolute Gasteiger partial charge is 0.478 e. The molecule has 1 aliphatic carbocycles. The molecular formula is C20H22N2O3. The molecule has 1 aliphatic rings. The number of rotatable bonds is 6. The highest BCUT2D eigenvalue weighted by Crippen LogP contribution is 2.40. The van der Waals surface area contributed by atoms with Gasteiger partial charge >= 0.3 is 5.97 Å². The maximum Gasteiger partial charge on any atom is 0.337 e. The maximum absolute atomic E-state index is 12.4. The van der Waals surface area contributed by atoms with E-state index in [1.165, 1.54) is 0 Å². The minimum atomic E-state index is -0.946. The Morgan fingerprint density at radius 2 is 2.04 bits per heavy atom. The molecule has 2 N–H and O–H groups in total. The monoisotopic (exact) mass is 338 g/mol. The molecule has 1 heterocycles. The van der Waals surface area contributed by atoms with E-state index in [-0.39, 0.29) is 23.3 Å². The minimum Gasteiger partial charge on any atom is -0.478 e. The van der Waals surface area contributed by atoms with Gasteiger partial charge in [-0.1, -0.05) is 29.8 Å². The molecule has 0 aliphatic heterocycles. The third-order valence-electron chi connectivity index (χ3n) is 4.56. The highest BCUT2D eigenvalue weighted by Gasteiger charge is 2.30. The summed E-state index contributed by atoms with van der Waals surface area (Å²) in [4.78, 5) is 28.2. The standard InChI is InChI=1S/C20H22N2O3/c1-12-4-3-5-15(10-12)13(2)19(23)21-11-16-8-9-17(20(24)25)18(22-16)14-6-7-14/h3-5,8-10,13-14H,6-7,11H2,1-2H3,(H,21,23)(H,24,25)/t13-/m1/s1. The molecule has 0 radical (unpaired) electrons. The number of carbonyl (C=O) groups excluding carboxylic acids is 1. The van der Waals surface area contributed by atoms with Crippen molar-refractivity contribution in [2.45, 2.75) is 45.1 Å². The van der Waals surface area contributed by atoms with Crippen LogP contribution in [0.1, 0.15) is 64.5 Å². The third-order valence-corrected chi connectivity index (χ3v) is 4.56. The van der Waals surface area contributed by atoms with Gasteiger partial charge in [0.2, 0.25) is 5.91 Å². The Morgan fingerprint density at radius 1 is 1.28 bits per heavy atom. The molecule has 3 rings (SSSR count). The number of aryl methyl sites for hydroxylation is 1. The SMILES string of the molecule is Cc1cccc([C@@H](C)C(=O)NCc2ccc(C(=O)O)c(C3CC3)n2)c1. The third kappa shape index (κ3) is 4.05. The van der Waals surface area contributed by atoms with E-state index in [0.717, 1.165) is 24.0 Å². The first-order chi connectivity index (χ1) is 12.0. The lowest BCUT2D eigenvalue weighted by Gasteiger charge is -2.14. The second-order valence-electron chi connectivity index (χ2n) is 6.67. The zero-order chi connectivity index (χ0) is 18.0. The number of hydrogen-bond donors (Lipinski definition) is 2. The molecule has 0 unspecified atom stereocenters. The van der Waals surface area contributed by atoms with Crippen LogP contribution in [0.2, 0.25) is 0 Å². The quantitative estimate of drug-likeness (QED) is 0.846. The van der Waals surface area contributed by atoms with Crippen LogP contribution in [0, 0.1) is 6.92 Å². The first kappa shape index (κ1) is 17.1. The Kier molecular flexibility index (Phi) is 4.83. The molecule has 1 aromatic heterocycles. The Morgan fingerprint density at radius 3 is 2.68 bits per heavy atom. The lowest BCUT2D eigenvalue weighted by atomic mass is 9.98. The van der Waals surface area contributed by atoms with Crippen molar-refractivity contribution < 1.29 is 14.7 Å². The molecule has 1 saturated carbocycles. The number of carboxylic acid groups (broad SMARTS) is 1. The molecule has 0 spiro atoms. The Labute approximate surface area is 147 Å². The van der Waals surface area contributed by atoms with E-state index in [2.05, 4.69) is 10.3 Å². The molecule has 2 aromatic rings. The normalized spacial score (nSPS) is 14.8. The first-order valence-corrected chi connectivity index (χ1v) is 8.53. The number of amides is 1. The van der Waals surface area contributed by atoms with Crippen LogP contribution in [0.4, 0.5) is 0 Å². The lowest BCUT2D eigenvalue weighted by molar-refractivity contribution is -0.122. The van der Waals surface area contributed by atoms with Gasteiger partial charge in [0.1, 0.15) is 0 Å². The van der Waals surface area contributed by atoms with Crippen molar-refractivity contribution in [2.75, 3.05) is 0 Å².